The van der Waals surface area contributed by atoms with E-state index >= 15 is 0 Å². The Bertz CT molecular complexity index is 705. The van der Waals surface area contributed by atoms with Gasteiger partial charge < -0.3 is 14.2 Å². The van der Waals surface area contributed by atoms with Crippen LogP contribution in [0.2, 0.25) is 5.02 Å². The number of hydrogen-bond donors (Lipinski definition) is 1. The second-order valence-electron chi connectivity index (χ2n) is 4.18. The van der Waals surface area contributed by atoms with Crippen molar-refractivity contribution in [3.05, 3.63) is 47.0 Å². The minimum atomic E-state index is 0.548. The fraction of sp³-hybridized carbons (Fsp3) is 0.250. The van der Waals surface area contributed by atoms with Crippen LogP contribution in [0.1, 0.15) is 17.4 Å². The van der Waals surface area contributed by atoms with Crippen molar-refractivity contribution in [1.29, 1.82) is 0 Å². The van der Waals surface area contributed by atoms with E-state index in [0.717, 1.165) is 11.3 Å². The topological polar surface area (TPSA) is 68.2 Å². The first-order chi connectivity index (χ1) is 9.20. The van der Waals surface area contributed by atoms with E-state index in [9.17, 15) is 0 Å². The number of nitrogens with one attached hydrogen (secondary N) is 1. The molecule has 3 heterocycles. The molecule has 98 valence electrons. The van der Waals surface area contributed by atoms with E-state index in [4.69, 9.17) is 16.1 Å². The van der Waals surface area contributed by atoms with Gasteiger partial charge in [-0.15, -0.1) is 0 Å². The molecule has 3 aromatic heterocycles. The van der Waals surface area contributed by atoms with Crippen LogP contribution in [0, 0.1) is 6.92 Å². The van der Waals surface area contributed by atoms with Crippen LogP contribution in [0.3, 0.4) is 0 Å². The predicted octanol–water partition coefficient (Wildman–Crippen LogP) is 1.97. The van der Waals surface area contributed by atoms with Crippen LogP contribution in [0.5, 0.6) is 0 Å². The van der Waals surface area contributed by atoms with Crippen LogP contribution in [0.4, 0.5) is 0 Å². The van der Waals surface area contributed by atoms with E-state index < -0.39 is 0 Å². The van der Waals surface area contributed by atoms with Crippen LogP contribution < -0.4 is 5.32 Å². The largest absolute Gasteiger partial charge is 0.340 e. The van der Waals surface area contributed by atoms with Crippen molar-refractivity contribution < 1.29 is 4.52 Å². The smallest absolute Gasteiger partial charge is 0.223 e. The Morgan fingerprint density at radius 1 is 1.26 bits per heavy atom. The van der Waals surface area contributed by atoms with Crippen LogP contribution in [0.15, 0.2) is 29.0 Å². The summed E-state index contributed by atoms with van der Waals surface area (Å²) >= 11 is 5.92. The van der Waals surface area contributed by atoms with Gasteiger partial charge >= 0.3 is 0 Å². The Morgan fingerprint density at radius 3 is 2.95 bits per heavy atom. The number of pyridine rings is 1. The Hall–Kier alpha value is -1.92. The Labute approximate surface area is 114 Å². The highest BCUT2D eigenvalue weighted by Gasteiger charge is 2.04. The second-order valence-corrected chi connectivity index (χ2v) is 4.61. The average Bonchev–Trinajstić information content (AvgIpc) is 2.95. The fourth-order valence-electron chi connectivity index (χ4n) is 1.82. The molecule has 0 aliphatic heterocycles. The summed E-state index contributed by atoms with van der Waals surface area (Å²) in [6.07, 6.45) is 3.77. The molecule has 19 heavy (non-hydrogen) atoms. The van der Waals surface area contributed by atoms with E-state index in [1.54, 1.807) is 6.92 Å². The number of aromatic nitrogens is 4. The maximum Gasteiger partial charge on any atom is 0.223 e. The summed E-state index contributed by atoms with van der Waals surface area (Å²) in [6, 6.07) is 3.71. The molecule has 3 rings (SSSR count). The third-order valence-electron chi connectivity index (χ3n) is 2.62. The molecule has 0 bridgehead atoms. The van der Waals surface area contributed by atoms with Crippen LogP contribution >= 0.6 is 11.6 Å². The Morgan fingerprint density at radius 2 is 2.16 bits per heavy atom. The quantitative estimate of drug-likeness (QED) is 0.790. The highest BCUT2D eigenvalue weighted by molar-refractivity contribution is 6.30. The number of fused-ring (bicyclic) bond motifs is 1. The SMILES string of the molecule is Cc1nc(CNCc2cn3cc(Cl)ccc3n2)no1. The molecule has 3 aromatic rings. The van der Waals surface area contributed by atoms with Gasteiger partial charge in [-0.1, -0.05) is 16.8 Å². The summed E-state index contributed by atoms with van der Waals surface area (Å²) in [7, 11) is 0. The molecule has 0 spiro atoms. The molecule has 0 aliphatic carbocycles. The molecule has 0 radical (unpaired) electrons. The average molecular weight is 278 g/mol. The number of nitrogens with zero attached hydrogens (tertiary/aromatic N) is 4. The number of hydrogen-bond acceptors (Lipinski definition) is 5. The van der Waals surface area contributed by atoms with Gasteiger partial charge in [-0.3, -0.25) is 0 Å². The molecule has 0 saturated heterocycles. The van der Waals surface area contributed by atoms with Crippen molar-refractivity contribution in [3.63, 3.8) is 0 Å². The van der Waals surface area contributed by atoms with Gasteiger partial charge in [0, 0.05) is 25.9 Å². The summed E-state index contributed by atoms with van der Waals surface area (Å²) < 4.78 is 6.79. The number of rotatable bonds is 4. The maximum absolute atomic E-state index is 5.92. The van der Waals surface area contributed by atoms with Crippen molar-refractivity contribution in [3.8, 4) is 0 Å². The van der Waals surface area contributed by atoms with Gasteiger partial charge in [-0.25, -0.2) is 4.98 Å². The summed E-state index contributed by atoms with van der Waals surface area (Å²) in [5, 5.41) is 7.71. The van der Waals surface area contributed by atoms with E-state index in [-0.39, 0.29) is 0 Å². The number of aryl methyl sites for hydroxylation is 1. The van der Waals surface area contributed by atoms with Crippen molar-refractivity contribution in [2.45, 2.75) is 20.0 Å². The summed E-state index contributed by atoms with van der Waals surface area (Å²) in [4.78, 5) is 8.58. The molecule has 1 N–H and O–H groups in total. The molecule has 0 unspecified atom stereocenters. The first kappa shape index (κ1) is 12.1. The summed E-state index contributed by atoms with van der Waals surface area (Å²) in [5.74, 6) is 1.21. The van der Waals surface area contributed by atoms with E-state index in [0.29, 0.717) is 29.8 Å². The summed E-state index contributed by atoms with van der Waals surface area (Å²) in [5.41, 5.74) is 1.80. The highest BCUT2D eigenvalue weighted by Crippen LogP contribution is 2.11. The molecule has 6 nitrogen and oxygen atoms in total. The number of halogens is 1. The molecular weight excluding hydrogens is 266 g/mol. The third-order valence-corrected chi connectivity index (χ3v) is 2.85. The first-order valence-electron chi connectivity index (χ1n) is 5.84. The monoisotopic (exact) mass is 277 g/mol. The lowest BCUT2D eigenvalue weighted by Gasteiger charge is -1.96. The second kappa shape index (κ2) is 4.99. The van der Waals surface area contributed by atoms with E-state index in [2.05, 4.69) is 20.4 Å². The standard InChI is InChI=1S/C12H12ClN5O/c1-8-15-11(17-19-8)5-14-4-10-7-18-6-9(13)2-3-12(18)16-10/h2-3,6-7,14H,4-5H2,1H3. The first-order valence-corrected chi connectivity index (χ1v) is 6.21. The van der Waals surface area contributed by atoms with Crippen LogP contribution in [-0.4, -0.2) is 19.5 Å². The number of imidazole rings is 1. The van der Waals surface area contributed by atoms with E-state index in [1.807, 2.05) is 28.9 Å². The van der Waals surface area contributed by atoms with Crippen LogP contribution in [-0.2, 0) is 13.1 Å². The lowest BCUT2D eigenvalue weighted by Crippen LogP contribution is -2.13. The van der Waals surface area contributed by atoms with Crippen molar-refractivity contribution in [2.75, 3.05) is 0 Å². The molecule has 7 heteroatoms. The van der Waals surface area contributed by atoms with Crippen molar-refractivity contribution in [2.24, 2.45) is 0 Å². The lowest BCUT2D eigenvalue weighted by molar-refractivity contribution is 0.385. The molecule has 0 fully saturated rings. The van der Waals surface area contributed by atoms with Crippen LogP contribution in [0.25, 0.3) is 5.65 Å². The Kier molecular flexibility index (Phi) is 3.18. The van der Waals surface area contributed by atoms with Gasteiger partial charge in [0.05, 0.1) is 17.3 Å². The van der Waals surface area contributed by atoms with Gasteiger partial charge in [0.25, 0.3) is 0 Å². The van der Waals surface area contributed by atoms with Gasteiger partial charge in [-0.2, -0.15) is 4.98 Å². The Balaban J connectivity index is 1.65. The van der Waals surface area contributed by atoms with Gasteiger partial charge in [0.1, 0.15) is 5.65 Å². The maximum atomic E-state index is 5.92. The minimum Gasteiger partial charge on any atom is -0.340 e. The molecule has 0 aromatic carbocycles. The normalized spacial score (nSPS) is 11.3. The molecular formula is C12H12ClN5O. The zero-order chi connectivity index (χ0) is 13.2. The summed E-state index contributed by atoms with van der Waals surface area (Å²) in [6.45, 7) is 2.95. The molecule has 0 amide bonds. The minimum absolute atomic E-state index is 0.548. The van der Waals surface area contributed by atoms with Gasteiger partial charge in [0.15, 0.2) is 5.82 Å². The van der Waals surface area contributed by atoms with E-state index in [1.165, 1.54) is 0 Å². The van der Waals surface area contributed by atoms with Gasteiger partial charge in [0.2, 0.25) is 5.89 Å². The third kappa shape index (κ3) is 2.74. The molecule has 0 aliphatic rings. The molecule has 0 saturated carbocycles. The van der Waals surface area contributed by atoms with Crippen molar-refractivity contribution >= 4 is 17.2 Å². The fourth-order valence-corrected chi connectivity index (χ4v) is 1.99. The lowest BCUT2D eigenvalue weighted by atomic mass is 10.4. The van der Waals surface area contributed by atoms with Crippen molar-refractivity contribution in [1.82, 2.24) is 24.8 Å². The zero-order valence-electron chi connectivity index (χ0n) is 10.3. The predicted molar refractivity (Wildman–Crippen MR) is 69.8 cm³/mol. The van der Waals surface area contributed by atoms with Gasteiger partial charge in [-0.05, 0) is 12.1 Å². The molecule has 0 atom stereocenters. The zero-order valence-corrected chi connectivity index (χ0v) is 11.1. The highest BCUT2D eigenvalue weighted by atomic mass is 35.5.